The largest absolute Gasteiger partial charge is 0.417 e. The summed E-state index contributed by atoms with van der Waals surface area (Å²) in [6.07, 6.45) is -6.63. The van der Waals surface area contributed by atoms with Crippen molar-refractivity contribution in [1.82, 2.24) is 0 Å². The Morgan fingerprint density at radius 1 is 0.969 bits per heavy atom. The quantitative estimate of drug-likeness (QED) is 0.363. The van der Waals surface area contributed by atoms with Crippen LogP contribution < -0.4 is 0 Å². The minimum absolute atomic E-state index is 0.181. The van der Waals surface area contributed by atoms with Crippen LogP contribution in [0.1, 0.15) is 72.1 Å². The lowest BCUT2D eigenvalue weighted by Crippen LogP contribution is -2.56. The summed E-state index contributed by atoms with van der Waals surface area (Å²) in [4.78, 5) is 0. The fourth-order valence-electron chi connectivity index (χ4n) is 8.31. The molecule has 0 aliphatic heterocycles. The highest BCUT2D eigenvalue weighted by molar-refractivity contribution is 5.28. The molecule has 4 rings (SSSR count). The number of rotatable bonds is 2. The Morgan fingerprint density at radius 2 is 1.62 bits per heavy atom. The predicted octanol–water partition coefficient (Wildman–Crippen LogP) is 6.42. The summed E-state index contributed by atoms with van der Waals surface area (Å²) in [6.45, 7) is 5.59. The van der Waals surface area contributed by atoms with Crippen LogP contribution in [0.3, 0.4) is 0 Å². The number of aliphatic hydroxyl groups excluding tert-OH is 1. The van der Waals surface area contributed by atoms with Gasteiger partial charge in [0, 0.05) is 6.42 Å². The Labute approximate surface area is 185 Å². The van der Waals surface area contributed by atoms with Gasteiger partial charge in [0.05, 0.1) is 0 Å². The van der Waals surface area contributed by atoms with Gasteiger partial charge >= 0.3 is 12.4 Å². The van der Waals surface area contributed by atoms with Crippen LogP contribution in [-0.4, -0.2) is 34.3 Å². The molecule has 0 aromatic carbocycles. The molecule has 0 amide bonds. The summed E-state index contributed by atoms with van der Waals surface area (Å²) < 4.78 is 80.0. The van der Waals surface area contributed by atoms with Gasteiger partial charge < -0.3 is 10.2 Å². The van der Waals surface area contributed by atoms with Crippen LogP contribution >= 0.6 is 0 Å². The van der Waals surface area contributed by atoms with E-state index in [9.17, 15) is 36.6 Å². The van der Waals surface area contributed by atoms with Gasteiger partial charge in [-0.1, -0.05) is 32.4 Å². The normalized spacial score (nSPS) is 46.5. The smallest absolute Gasteiger partial charge is 0.383 e. The van der Waals surface area contributed by atoms with Crippen molar-refractivity contribution in [3.8, 4) is 0 Å². The first-order chi connectivity index (χ1) is 14.5. The fourth-order valence-corrected chi connectivity index (χ4v) is 8.31. The predicted molar refractivity (Wildman–Crippen MR) is 107 cm³/mol. The topological polar surface area (TPSA) is 40.5 Å². The molecule has 0 aromatic heterocycles. The van der Waals surface area contributed by atoms with Gasteiger partial charge in [-0.05, 0) is 85.4 Å². The van der Waals surface area contributed by atoms with Crippen molar-refractivity contribution in [2.24, 2.45) is 40.4 Å². The Balaban J connectivity index is 1.59. The van der Waals surface area contributed by atoms with Gasteiger partial charge in [-0.25, -0.2) is 0 Å². The van der Waals surface area contributed by atoms with E-state index in [1.807, 2.05) is 13.0 Å². The lowest BCUT2D eigenvalue weighted by atomic mass is 9.46. The van der Waals surface area contributed by atoms with Crippen molar-refractivity contribution in [2.75, 3.05) is 0 Å². The minimum Gasteiger partial charge on any atom is -0.383 e. The molecule has 4 aliphatic carbocycles. The summed E-state index contributed by atoms with van der Waals surface area (Å²) in [5.74, 6) is -0.514. The Hall–Kier alpha value is -0.760. The van der Waals surface area contributed by atoms with E-state index in [1.165, 1.54) is 6.92 Å². The molecule has 2 nitrogen and oxygen atoms in total. The SMILES string of the molecule is CC(C(O)C(F)(F)F)[C@H]1CC[C@H]2[C@@H]3CC=C4C[C@](O)(C(F)(F)F)CC[C@]4(C)[C@H]3CC[C@]12C. The molecule has 184 valence electrons. The van der Waals surface area contributed by atoms with Crippen molar-refractivity contribution in [3.05, 3.63) is 11.6 Å². The standard InChI is InChI=1S/C24H34F6O2/c1-13(19(31)23(25,26)27)16-6-7-17-15-5-4-14-12-22(32,24(28,29)30)11-10-20(14,2)18(15)8-9-21(16,17)3/h4,13,15-19,31-32H,5-12H2,1-3H3/t13?,15-,16+,17-,18-,19?,20-,21+,22-/m0/s1. The summed E-state index contributed by atoms with van der Waals surface area (Å²) in [7, 11) is 0. The third kappa shape index (κ3) is 3.45. The van der Waals surface area contributed by atoms with Crippen LogP contribution in [0.4, 0.5) is 26.3 Å². The van der Waals surface area contributed by atoms with Crippen LogP contribution in [-0.2, 0) is 0 Å². The molecule has 8 heteroatoms. The maximum absolute atomic E-state index is 13.5. The number of fused-ring (bicyclic) bond motifs is 5. The van der Waals surface area contributed by atoms with E-state index >= 15 is 0 Å². The van der Waals surface area contributed by atoms with E-state index in [0.29, 0.717) is 18.4 Å². The van der Waals surface area contributed by atoms with Gasteiger partial charge in [0.25, 0.3) is 0 Å². The summed E-state index contributed by atoms with van der Waals surface area (Å²) >= 11 is 0. The lowest BCUT2D eigenvalue weighted by molar-refractivity contribution is -0.271. The average molecular weight is 469 g/mol. The van der Waals surface area contributed by atoms with E-state index in [0.717, 1.165) is 19.3 Å². The van der Waals surface area contributed by atoms with Crippen LogP contribution in [0, 0.1) is 40.4 Å². The number of aliphatic hydroxyl groups is 2. The number of hydrogen-bond donors (Lipinski definition) is 2. The van der Waals surface area contributed by atoms with E-state index in [2.05, 4.69) is 6.92 Å². The minimum atomic E-state index is -4.66. The van der Waals surface area contributed by atoms with Crippen molar-refractivity contribution in [3.63, 3.8) is 0 Å². The first-order valence-electron chi connectivity index (χ1n) is 11.8. The van der Waals surface area contributed by atoms with Gasteiger partial charge in [-0.15, -0.1) is 0 Å². The molecule has 0 saturated heterocycles. The van der Waals surface area contributed by atoms with Gasteiger partial charge in [0.15, 0.2) is 11.7 Å². The van der Waals surface area contributed by atoms with Gasteiger partial charge in [0.1, 0.15) is 0 Å². The second-order valence-electron chi connectivity index (χ2n) is 11.5. The molecule has 0 aromatic rings. The monoisotopic (exact) mass is 468 g/mol. The van der Waals surface area contributed by atoms with E-state index < -0.39 is 35.4 Å². The van der Waals surface area contributed by atoms with Gasteiger partial charge in [-0.3, -0.25) is 0 Å². The number of hydrogen-bond acceptors (Lipinski definition) is 2. The molecule has 3 saturated carbocycles. The van der Waals surface area contributed by atoms with Gasteiger partial charge in [0.2, 0.25) is 0 Å². The molecule has 4 aliphatic rings. The molecule has 0 bridgehead atoms. The zero-order valence-corrected chi connectivity index (χ0v) is 18.9. The summed E-state index contributed by atoms with van der Waals surface area (Å²) in [5.41, 5.74) is -2.69. The summed E-state index contributed by atoms with van der Waals surface area (Å²) in [5, 5.41) is 20.2. The number of allylic oxidation sites excluding steroid dienone is 1. The maximum atomic E-state index is 13.5. The summed E-state index contributed by atoms with van der Waals surface area (Å²) in [6, 6.07) is 0. The molecule has 2 unspecified atom stereocenters. The van der Waals surface area contributed by atoms with Gasteiger partial charge in [-0.2, -0.15) is 26.3 Å². The van der Waals surface area contributed by atoms with Crippen LogP contribution in [0.2, 0.25) is 0 Å². The highest BCUT2D eigenvalue weighted by Gasteiger charge is 2.64. The van der Waals surface area contributed by atoms with Crippen molar-refractivity contribution >= 4 is 0 Å². The fraction of sp³-hybridized carbons (Fsp3) is 0.917. The third-order valence-corrected chi connectivity index (χ3v) is 10.2. The van der Waals surface area contributed by atoms with E-state index in [4.69, 9.17) is 0 Å². The highest BCUT2D eigenvalue weighted by Crippen LogP contribution is 2.68. The maximum Gasteiger partial charge on any atom is 0.417 e. The van der Waals surface area contributed by atoms with Crippen LogP contribution in [0.5, 0.6) is 0 Å². The first-order valence-corrected chi connectivity index (χ1v) is 11.8. The second-order valence-corrected chi connectivity index (χ2v) is 11.5. The molecule has 0 radical (unpaired) electrons. The van der Waals surface area contributed by atoms with Crippen LogP contribution in [0.15, 0.2) is 11.6 Å². The first kappa shape index (κ1) is 24.4. The second kappa shape index (κ2) is 7.37. The van der Waals surface area contributed by atoms with Crippen molar-refractivity contribution in [2.45, 2.75) is 96.2 Å². The molecular weight excluding hydrogens is 434 g/mol. The molecule has 32 heavy (non-hydrogen) atoms. The Kier molecular flexibility index (Phi) is 5.61. The average Bonchev–Trinajstić information content (AvgIpc) is 3.03. The zero-order chi connectivity index (χ0) is 23.9. The number of halogens is 6. The van der Waals surface area contributed by atoms with E-state index in [-0.39, 0.29) is 48.3 Å². The lowest BCUT2D eigenvalue weighted by Gasteiger charge is -2.59. The Bertz CT molecular complexity index is 775. The zero-order valence-electron chi connectivity index (χ0n) is 18.9. The molecular formula is C24H34F6O2. The molecule has 3 fully saturated rings. The molecule has 9 atom stereocenters. The Morgan fingerprint density at radius 3 is 2.22 bits per heavy atom. The molecule has 2 N–H and O–H groups in total. The molecule has 0 spiro atoms. The van der Waals surface area contributed by atoms with Crippen molar-refractivity contribution in [1.29, 1.82) is 0 Å². The van der Waals surface area contributed by atoms with Crippen LogP contribution in [0.25, 0.3) is 0 Å². The highest BCUT2D eigenvalue weighted by atomic mass is 19.4. The number of alkyl halides is 6. The third-order valence-electron chi connectivity index (χ3n) is 10.2. The van der Waals surface area contributed by atoms with Crippen molar-refractivity contribution < 1.29 is 36.6 Å². The van der Waals surface area contributed by atoms with E-state index in [1.54, 1.807) is 0 Å². The molecule has 0 heterocycles.